The van der Waals surface area contributed by atoms with Crippen LogP contribution < -0.4 is 9.47 Å². The summed E-state index contributed by atoms with van der Waals surface area (Å²) < 4.78 is 28.8. The van der Waals surface area contributed by atoms with Crippen molar-refractivity contribution in [1.29, 1.82) is 0 Å². The molecule has 0 radical (unpaired) electrons. The number of benzene rings is 2. The van der Waals surface area contributed by atoms with Gasteiger partial charge in [-0.2, -0.15) is 0 Å². The van der Waals surface area contributed by atoms with E-state index in [2.05, 4.69) is 4.99 Å². The molecule has 0 N–H and O–H groups in total. The molecule has 1 heterocycles. The number of rotatable bonds is 8. The van der Waals surface area contributed by atoms with E-state index in [0.29, 0.717) is 33.6 Å². The number of likely N-dealkylation sites (N-methyl/N-ethyl adjacent to an activating group) is 1. The van der Waals surface area contributed by atoms with Crippen molar-refractivity contribution in [3.63, 3.8) is 0 Å². The number of halogens is 2. The highest BCUT2D eigenvalue weighted by molar-refractivity contribution is 8.18. The third-order valence-electron chi connectivity index (χ3n) is 4.44. The van der Waals surface area contributed by atoms with Gasteiger partial charge in [-0.3, -0.25) is 9.69 Å². The van der Waals surface area contributed by atoms with Gasteiger partial charge in [0.25, 0.3) is 5.91 Å². The Balaban J connectivity index is 1.87. The molecule has 1 saturated heterocycles. The zero-order valence-corrected chi connectivity index (χ0v) is 19.8. The molecule has 2 aromatic rings. The third kappa shape index (κ3) is 6.06. The standard InChI is InChI=1S/C23H22ClFN2O5S/c1-4-27-22(29)19(33-23(27)26-16-8-6-15(25)7-9-16)12-14-10-17(24)21(18(11-14)30-3)32-13-20(28)31-5-2/h6-12H,4-5,13H2,1-3H3/b19-12+,26-23?. The highest BCUT2D eigenvalue weighted by atomic mass is 35.5. The molecule has 174 valence electrons. The second-order valence-electron chi connectivity index (χ2n) is 6.66. The molecule has 0 bridgehead atoms. The van der Waals surface area contributed by atoms with E-state index in [1.54, 1.807) is 37.3 Å². The fraction of sp³-hybridized carbons (Fsp3) is 0.261. The monoisotopic (exact) mass is 492 g/mol. The number of ether oxygens (including phenoxy) is 3. The van der Waals surface area contributed by atoms with Crippen molar-refractivity contribution in [2.45, 2.75) is 13.8 Å². The van der Waals surface area contributed by atoms with E-state index in [1.807, 2.05) is 6.92 Å². The highest BCUT2D eigenvalue weighted by Gasteiger charge is 2.32. The van der Waals surface area contributed by atoms with Crippen molar-refractivity contribution >= 4 is 52.2 Å². The van der Waals surface area contributed by atoms with Gasteiger partial charge in [0.1, 0.15) is 5.82 Å². The normalized spacial score (nSPS) is 15.9. The number of thioether (sulfide) groups is 1. The number of nitrogens with zero attached hydrogens (tertiary/aromatic N) is 2. The third-order valence-corrected chi connectivity index (χ3v) is 5.73. The van der Waals surface area contributed by atoms with Crippen LogP contribution in [-0.4, -0.2) is 48.8 Å². The molecule has 7 nitrogen and oxygen atoms in total. The van der Waals surface area contributed by atoms with Crippen LogP contribution in [-0.2, 0) is 14.3 Å². The van der Waals surface area contributed by atoms with Gasteiger partial charge >= 0.3 is 5.97 Å². The van der Waals surface area contributed by atoms with E-state index < -0.39 is 5.97 Å². The van der Waals surface area contributed by atoms with Gasteiger partial charge in [-0.1, -0.05) is 11.6 Å². The van der Waals surface area contributed by atoms with Gasteiger partial charge in [-0.25, -0.2) is 14.2 Å². The maximum Gasteiger partial charge on any atom is 0.344 e. The summed E-state index contributed by atoms with van der Waals surface area (Å²) in [5, 5.41) is 0.710. The molecule has 1 aliphatic heterocycles. The first-order valence-electron chi connectivity index (χ1n) is 10.1. The number of methoxy groups -OCH3 is 1. The van der Waals surface area contributed by atoms with Crippen molar-refractivity contribution in [1.82, 2.24) is 4.90 Å². The molecule has 10 heteroatoms. The van der Waals surface area contributed by atoms with Crippen molar-refractivity contribution in [3.8, 4) is 11.5 Å². The van der Waals surface area contributed by atoms with Crippen LogP contribution in [0.3, 0.4) is 0 Å². The molecule has 1 amide bonds. The molecular formula is C23H22ClFN2O5S. The smallest absolute Gasteiger partial charge is 0.344 e. The Morgan fingerprint density at radius 1 is 1.24 bits per heavy atom. The summed E-state index contributed by atoms with van der Waals surface area (Å²) in [4.78, 5) is 30.9. The molecule has 0 aliphatic carbocycles. The minimum Gasteiger partial charge on any atom is -0.493 e. The molecule has 33 heavy (non-hydrogen) atoms. The predicted octanol–water partition coefficient (Wildman–Crippen LogP) is 5.05. The second-order valence-corrected chi connectivity index (χ2v) is 8.07. The number of hydrogen-bond donors (Lipinski definition) is 0. The zero-order valence-electron chi connectivity index (χ0n) is 18.3. The number of aliphatic imine (C=N–C) groups is 1. The highest BCUT2D eigenvalue weighted by Crippen LogP contribution is 2.39. The van der Waals surface area contributed by atoms with E-state index in [9.17, 15) is 14.0 Å². The quantitative estimate of drug-likeness (QED) is 0.379. The molecule has 2 aromatic carbocycles. The van der Waals surface area contributed by atoms with Crippen LogP contribution in [0.4, 0.5) is 10.1 Å². The lowest BCUT2D eigenvalue weighted by Crippen LogP contribution is -2.28. The summed E-state index contributed by atoms with van der Waals surface area (Å²) in [6.45, 7) is 3.90. The maximum atomic E-state index is 13.2. The maximum absolute atomic E-state index is 13.2. The molecule has 0 unspecified atom stereocenters. The number of carbonyl (C=O) groups is 2. The number of amides is 1. The largest absolute Gasteiger partial charge is 0.493 e. The van der Waals surface area contributed by atoms with Gasteiger partial charge in [0.2, 0.25) is 0 Å². The average Bonchev–Trinajstić information content (AvgIpc) is 3.08. The minimum atomic E-state index is -0.526. The molecular weight excluding hydrogens is 471 g/mol. The first-order valence-corrected chi connectivity index (χ1v) is 11.3. The summed E-state index contributed by atoms with van der Waals surface area (Å²) in [6.07, 6.45) is 1.67. The first-order chi connectivity index (χ1) is 15.9. The molecule has 0 aromatic heterocycles. The Labute approximate surface area is 200 Å². The van der Waals surface area contributed by atoms with Gasteiger partial charge in [0.15, 0.2) is 23.3 Å². The van der Waals surface area contributed by atoms with Crippen LogP contribution in [0.1, 0.15) is 19.4 Å². The Morgan fingerprint density at radius 3 is 2.61 bits per heavy atom. The van der Waals surface area contributed by atoms with Crippen molar-refractivity contribution < 1.29 is 28.2 Å². The Hall–Kier alpha value is -3.04. The summed E-state index contributed by atoms with van der Waals surface area (Å²) >= 11 is 7.56. The van der Waals surface area contributed by atoms with Gasteiger partial charge in [0, 0.05) is 6.54 Å². The van der Waals surface area contributed by atoms with Crippen molar-refractivity contribution in [2.75, 3.05) is 26.9 Å². The molecule has 3 rings (SSSR count). The van der Waals surface area contributed by atoms with E-state index in [4.69, 9.17) is 25.8 Å². The molecule has 1 aliphatic rings. The molecule has 0 spiro atoms. The lowest BCUT2D eigenvalue weighted by atomic mass is 10.1. The van der Waals surface area contributed by atoms with Gasteiger partial charge in [0.05, 0.1) is 29.3 Å². The molecule has 0 atom stereocenters. The van der Waals surface area contributed by atoms with E-state index in [-0.39, 0.29) is 35.7 Å². The first kappa shape index (κ1) is 24.6. The Bertz CT molecular complexity index is 1100. The second kappa shape index (κ2) is 11.2. The fourth-order valence-corrected chi connectivity index (χ4v) is 4.28. The van der Waals surface area contributed by atoms with E-state index in [1.165, 1.54) is 35.9 Å². The predicted molar refractivity (Wildman–Crippen MR) is 127 cm³/mol. The van der Waals surface area contributed by atoms with Crippen LogP contribution in [0.15, 0.2) is 46.3 Å². The van der Waals surface area contributed by atoms with E-state index >= 15 is 0 Å². The van der Waals surface area contributed by atoms with Gasteiger partial charge < -0.3 is 14.2 Å². The fourth-order valence-electron chi connectivity index (χ4n) is 2.94. The average molecular weight is 493 g/mol. The number of amidine groups is 1. The number of hydrogen-bond acceptors (Lipinski definition) is 7. The Morgan fingerprint density at radius 2 is 1.97 bits per heavy atom. The summed E-state index contributed by atoms with van der Waals surface area (Å²) in [6, 6.07) is 8.97. The summed E-state index contributed by atoms with van der Waals surface area (Å²) in [5.41, 5.74) is 1.15. The van der Waals surface area contributed by atoms with Crippen LogP contribution in [0, 0.1) is 5.82 Å². The van der Waals surface area contributed by atoms with Crippen molar-refractivity contribution in [2.24, 2.45) is 4.99 Å². The van der Waals surface area contributed by atoms with Crippen LogP contribution >= 0.6 is 23.4 Å². The Kier molecular flexibility index (Phi) is 8.35. The molecule has 0 saturated carbocycles. The minimum absolute atomic E-state index is 0.202. The lowest BCUT2D eigenvalue weighted by Gasteiger charge is -2.13. The SMILES string of the molecule is CCOC(=O)COc1c(Cl)cc(/C=C2/SC(=Nc3ccc(F)cc3)N(CC)C2=O)cc1OC. The summed E-state index contributed by atoms with van der Waals surface area (Å²) in [5.74, 6) is -0.582. The molecule has 1 fully saturated rings. The number of esters is 1. The van der Waals surface area contributed by atoms with Crippen LogP contribution in [0.5, 0.6) is 11.5 Å². The van der Waals surface area contributed by atoms with Crippen molar-refractivity contribution in [3.05, 3.63) is 57.7 Å². The zero-order chi connectivity index (χ0) is 24.0. The number of carbonyl (C=O) groups excluding carboxylic acids is 2. The van der Waals surface area contributed by atoms with Crippen LogP contribution in [0.25, 0.3) is 6.08 Å². The summed E-state index contributed by atoms with van der Waals surface area (Å²) in [7, 11) is 1.45. The van der Waals surface area contributed by atoms with Crippen LogP contribution in [0.2, 0.25) is 5.02 Å². The topological polar surface area (TPSA) is 77.4 Å². The lowest BCUT2D eigenvalue weighted by molar-refractivity contribution is -0.145. The van der Waals surface area contributed by atoms with E-state index in [0.717, 1.165) is 0 Å². The van der Waals surface area contributed by atoms with Gasteiger partial charge in [-0.15, -0.1) is 0 Å². The van der Waals surface area contributed by atoms with Gasteiger partial charge in [-0.05, 0) is 73.6 Å².